The molecular weight excluding hydrogens is 304 g/mol. The molecule has 0 saturated carbocycles. The van der Waals surface area contributed by atoms with E-state index in [9.17, 15) is 14.4 Å². The molecule has 0 aliphatic carbocycles. The second kappa shape index (κ2) is 6.25. The van der Waals surface area contributed by atoms with Gasteiger partial charge in [-0.25, -0.2) is 9.59 Å². The summed E-state index contributed by atoms with van der Waals surface area (Å²) >= 11 is 0. The maximum atomic E-state index is 12.6. The molecule has 1 atom stereocenters. The van der Waals surface area contributed by atoms with E-state index in [1.165, 1.54) is 36.3 Å². The van der Waals surface area contributed by atoms with Crippen molar-refractivity contribution in [1.29, 1.82) is 0 Å². The second-order valence-corrected chi connectivity index (χ2v) is 5.16. The van der Waals surface area contributed by atoms with Crippen LogP contribution in [0.2, 0.25) is 0 Å². The van der Waals surface area contributed by atoms with Crippen LogP contribution in [0.25, 0.3) is 0 Å². The number of hydrogen-bond acceptors (Lipinski definition) is 6. The van der Waals surface area contributed by atoms with E-state index in [0.717, 1.165) is 17.4 Å². The molecule has 1 fully saturated rings. The fourth-order valence-electron chi connectivity index (χ4n) is 2.58. The molecule has 2 aromatic heterocycles. The standard InChI is InChI=1S/C15H16N2O6/c1-21-14(19)13-10(5-8-23-13)9-17-11(18)4-6-16(15(17)20)12-3-2-7-22-12/h4-6,8,12H,2-3,7,9H2,1H3. The second-order valence-electron chi connectivity index (χ2n) is 5.16. The Morgan fingerprint density at radius 3 is 2.91 bits per heavy atom. The van der Waals surface area contributed by atoms with E-state index in [4.69, 9.17) is 9.15 Å². The molecule has 0 N–H and O–H groups in total. The van der Waals surface area contributed by atoms with Crippen LogP contribution in [-0.2, 0) is 16.0 Å². The van der Waals surface area contributed by atoms with Gasteiger partial charge in [-0.15, -0.1) is 0 Å². The van der Waals surface area contributed by atoms with Crippen molar-refractivity contribution < 1.29 is 18.7 Å². The Labute approximate surface area is 130 Å². The molecule has 2 aromatic rings. The Bertz CT molecular complexity index is 825. The molecule has 0 spiro atoms. The fourth-order valence-corrected chi connectivity index (χ4v) is 2.58. The highest BCUT2D eigenvalue weighted by atomic mass is 16.5. The molecule has 1 unspecified atom stereocenters. The van der Waals surface area contributed by atoms with Crippen LogP contribution in [-0.4, -0.2) is 28.8 Å². The summed E-state index contributed by atoms with van der Waals surface area (Å²) in [5.74, 6) is -0.681. The Hall–Kier alpha value is -2.61. The minimum atomic E-state index is -0.659. The van der Waals surface area contributed by atoms with Crippen LogP contribution in [0.1, 0.15) is 35.2 Å². The van der Waals surface area contributed by atoms with E-state index in [1.54, 1.807) is 0 Å². The summed E-state index contributed by atoms with van der Waals surface area (Å²) < 4.78 is 17.6. The van der Waals surface area contributed by atoms with E-state index in [0.29, 0.717) is 12.2 Å². The maximum absolute atomic E-state index is 12.6. The lowest BCUT2D eigenvalue weighted by Crippen LogP contribution is -2.40. The Morgan fingerprint density at radius 2 is 2.22 bits per heavy atom. The summed E-state index contributed by atoms with van der Waals surface area (Å²) in [4.78, 5) is 36.2. The summed E-state index contributed by atoms with van der Waals surface area (Å²) in [6, 6.07) is 2.84. The number of aromatic nitrogens is 2. The van der Waals surface area contributed by atoms with Gasteiger partial charge in [0.2, 0.25) is 5.76 Å². The van der Waals surface area contributed by atoms with Crippen molar-refractivity contribution in [2.45, 2.75) is 25.6 Å². The smallest absolute Gasteiger partial charge is 0.374 e. The predicted molar refractivity (Wildman–Crippen MR) is 78.3 cm³/mol. The van der Waals surface area contributed by atoms with Gasteiger partial charge in [-0.3, -0.25) is 13.9 Å². The fraction of sp³-hybridized carbons (Fsp3) is 0.400. The van der Waals surface area contributed by atoms with Crippen molar-refractivity contribution in [2.75, 3.05) is 13.7 Å². The zero-order valence-electron chi connectivity index (χ0n) is 12.6. The summed E-state index contributed by atoms with van der Waals surface area (Å²) in [6.07, 6.45) is 3.97. The van der Waals surface area contributed by atoms with Gasteiger partial charge in [0.25, 0.3) is 5.56 Å². The summed E-state index contributed by atoms with van der Waals surface area (Å²) in [7, 11) is 1.23. The van der Waals surface area contributed by atoms with Gasteiger partial charge in [0.05, 0.1) is 19.9 Å². The van der Waals surface area contributed by atoms with Gasteiger partial charge in [-0.2, -0.15) is 0 Å². The van der Waals surface area contributed by atoms with Crippen LogP contribution in [0.4, 0.5) is 0 Å². The zero-order chi connectivity index (χ0) is 16.4. The SMILES string of the molecule is COC(=O)c1occc1Cn1c(=O)ccn(C2CCCO2)c1=O. The van der Waals surface area contributed by atoms with Crippen molar-refractivity contribution in [3.05, 3.63) is 56.8 Å². The number of carbonyl (C=O) groups is 1. The highest BCUT2D eigenvalue weighted by Crippen LogP contribution is 2.20. The number of methoxy groups -OCH3 is 1. The van der Waals surface area contributed by atoms with Crippen LogP contribution in [0, 0.1) is 0 Å². The molecule has 23 heavy (non-hydrogen) atoms. The summed E-state index contributed by atoms with van der Waals surface area (Å²) in [6.45, 7) is 0.511. The van der Waals surface area contributed by atoms with Gasteiger partial charge < -0.3 is 13.9 Å². The number of nitrogens with zero attached hydrogens (tertiary/aromatic N) is 2. The highest BCUT2D eigenvalue weighted by Gasteiger charge is 2.21. The largest absolute Gasteiger partial charge is 0.463 e. The van der Waals surface area contributed by atoms with E-state index in [2.05, 4.69) is 4.74 Å². The van der Waals surface area contributed by atoms with Gasteiger partial charge in [0.1, 0.15) is 6.23 Å². The average Bonchev–Trinajstić information content (AvgIpc) is 3.22. The topological polar surface area (TPSA) is 92.7 Å². The van der Waals surface area contributed by atoms with E-state index in [-0.39, 0.29) is 18.5 Å². The molecule has 1 aliphatic rings. The molecule has 0 amide bonds. The monoisotopic (exact) mass is 320 g/mol. The van der Waals surface area contributed by atoms with E-state index < -0.39 is 17.2 Å². The predicted octanol–water partition coefficient (Wildman–Crippen LogP) is 0.747. The van der Waals surface area contributed by atoms with E-state index >= 15 is 0 Å². The van der Waals surface area contributed by atoms with Crippen LogP contribution >= 0.6 is 0 Å². The Morgan fingerprint density at radius 1 is 1.39 bits per heavy atom. The quantitative estimate of drug-likeness (QED) is 0.772. The normalized spacial score (nSPS) is 17.3. The highest BCUT2D eigenvalue weighted by molar-refractivity contribution is 5.87. The van der Waals surface area contributed by atoms with Gasteiger partial charge in [-0.1, -0.05) is 0 Å². The molecule has 8 nitrogen and oxygen atoms in total. The van der Waals surface area contributed by atoms with E-state index in [1.807, 2.05) is 0 Å². The number of esters is 1. The lowest BCUT2D eigenvalue weighted by atomic mass is 10.2. The third kappa shape index (κ3) is 2.85. The van der Waals surface area contributed by atoms with Crippen molar-refractivity contribution >= 4 is 5.97 Å². The summed E-state index contributed by atoms with van der Waals surface area (Å²) in [5, 5.41) is 0. The van der Waals surface area contributed by atoms with Gasteiger partial charge in [0.15, 0.2) is 0 Å². The van der Waals surface area contributed by atoms with Crippen molar-refractivity contribution in [2.24, 2.45) is 0 Å². The molecule has 3 heterocycles. The van der Waals surface area contributed by atoms with Crippen LogP contribution in [0.3, 0.4) is 0 Å². The third-order valence-electron chi connectivity index (χ3n) is 3.76. The summed E-state index contributed by atoms with van der Waals surface area (Å²) in [5.41, 5.74) is -0.538. The molecule has 122 valence electrons. The van der Waals surface area contributed by atoms with Crippen LogP contribution in [0.5, 0.6) is 0 Å². The van der Waals surface area contributed by atoms with Crippen molar-refractivity contribution in [3.8, 4) is 0 Å². The molecular formula is C15H16N2O6. The number of hydrogen-bond donors (Lipinski definition) is 0. The zero-order valence-corrected chi connectivity index (χ0v) is 12.6. The molecule has 0 aromatic carbocycles. The average molecular weight is 320 g/mol. The minimum absolute atomic E-state index is 0.0219. The molecule has 3 rings (SSSR count). The number of carbonyl (C=O) groups excluding carboxylic acids is 1. The lowest BCUT2D eigenvalue weighted by molar-refractivity contribution is 0.0513. The van der Waals surface area contributed by atoms with Crippen LogP contribution in [0.15, 0.2) is 38.6 Å². The number of rotatable bonds is 4. The van der Waals surface area contributed by atoms with Gasteiger partial charge in [0, 0.05) is 24.4 Å². The first-order chi connectivity index (χ1) is 11.1. The number of furan rings is 1. The van der Waals surface area contributed by atoms with Crippen molar-refractivity contribution in [3.63, 3.8) is 0 Å². The molecule has 1 aliphatic heterocycles. The van der Waals surface area contributed by atoms with Gasteiger partial charge in [-0.05, 0) is 18.9 Å². The first-order valence-corrected chi connectivity index (χ1v) is 7.20. The molecule has 0 bridgehead atoms. The molecule has 8 heteroatoms. The van der Waals surface area contributed by atoms with Crippen molar-refractivity contribution in [1.82, 2.24) is 9.13 Å². The first kappa shape index (κ1) is 15.3. The molecule has 1 saturated heterocycles. The van der Waals surface area contributed by atoms with Crippen LogP contribution < -0.4 is 11.2 Å². The minimum Gasteiger partial charge on any atom is -0.463 e. The number of ether oxygens (including phenoxy) is 2. The van der Waals surface area contributed by atoms with Gasteiger partial charge >= 0.3 is 11.7 Å². The molecule has 0 radical (unpaired) electrons. The maximum Gasteiger partial charge on any atom is 0.374 e. The first-order valence-electron chi connectivity index (χ1n) is 7.20. The Kier molecular flexibility index (Phi) is 4.16. The Balaban J connectivity index is 1.99. The third-order valence-corrected chi connectivity index (χ3v) is 3.76. The lowest BCUT2D eigenvalue weighted by Gasteiger charge is -2.14.